The quantitative estimate of drug-likeness (QED) is 0.228. The summed E-state index contributed by atoms with van der Waals surface area (Å²) in [6.45, 7) is 8.28. The van der Waals surface area contributed by atoms with Crippen molar-refractivity contribution in [3.05, 3.63) is 71.1 Å². The van der Waals surface area contributed by atoms with Crippen LogP contribution in [-0.2, 0) is 28.2 Å². The van der Waals surface area contributed by atoms with Crippen molar-refractivity contribution in [2.45, 2.75) is 63.3 Å². The standard InChI is InChI=1S/C33H37F2N5O6S/c1-32(2,3)38-31(41)46-26(17-19-15-20(34)18-21(35)16-19)28-23(10-9-22(37-28)13-14-33(4,5)42)24-11-12-25(45-8)27-29(24)40(7)39-30(27)47(43,44)36-6/h9-12,15-16,18,26,36,42H,17H2,1-8H3,(H,38,41)/t26-/m0/s1. The second-order valence-electron chi connectivity index (χ2n) is 12.4. The van der Waals surface area contributed by atoms with Crippen LogP contribution < -0.4 is 14.8 Å². The van der Waals surface area contributed by atoms with Crippen LogP contribution >= 0.6 is 0 Å². The number of rotatable bonds is 8. The van der Waals surface area contributed by atoms with E-state index in [1.165, 1.54) is 32.7 Å². The van der Waals surface area contributed by atoms with Gasteiger partial charge < -0.3 is 19.9 Å². The van der Waals surface area contributed by atoms with Crippen LogP contribution in [0.15, 0.2) is 47.5 Å². The number of hydrogen-bond donors (Lipinski definition) is 3. The maximum absolute atomic E-state index is 14.3. The number of aryl methyl sites for hydroxylation is 1. The van der Waals surface area contributed by atoms with Gasteiger partial charge in [-0.05, 0) is 89.5 Å². The van der Waals surface area contributed by atoms with Crippen LogP contribution in [0.25, 0.3) is 22.0 Å². The number of nitrogens with zero attached hydrogens (tertiary/aromatic N) is 3. The average molecular weight is 670 g/mol. The Hall–Kier alpha value is -4.58. The molecule has 11 nitrogen and oxygen atoms in total. The molecule has 0 saturated heterocycles. The van der Waals surface area contributed by atoms with Gasteiger partial charge in [0.05, 0.1) is 23.7 Å². The summed E-state index contributed by atoms with van der Waals surface area (Å²) in [6, 6.07) is 9.47. The number of halogens is 2. The van der Waals surface area contributed by atoms with E-state index < -0.39 is 45.0 Å². The third-order valence-corrected chi connectivity index (χ3v) is 8.08. The summed E-state index contributed by atoms with van der Waals surface area (Å²) in [5.74, 6) is 4.12. The molecule has 0 unspecified atom stereocenters. The van der Waals surface area contributed by atoms with Crippen LogP contribution in [0.4, 0.5) is 13.6 Å². The van der Waals surface area contributed by atoms with Crippen molar-refractivity contribution in [3.8, 4) is 28.7 Å². The third kappa shape index (κ3) is 8.42. The van der Waals surface area contributed by atoms with E-state index in [0.717, 1.165) is 18.2 Å². The van der Waals surface area contributed by atoms with Gasteiger partial charge in [-0.3, -0.25) is 4.68 Å². The Kier molecular flexibility index (Phi) is 9.96. The molecule has 2 heterocycles. The van der Waals surface area contributed by atoms with Gasteiger partial charge in [-0.1, -0.05) is 5.92 Å². The molecule has 3 N–H and O–H groups in total. The van der Waals surface area contributed by atoms with Crippen molar-refractivity contribution < 1.29 is 36.6 Å². The van der Waals surface area contributed by atoms with Crippen LogP contribution in [0.2, 0.25) is 0 Å². The Bertz CT molecular complexity index is 1980. The Morgan fingerprint density at radius 1 is 1.06 bits per heavy atom. The van der Waals surface area contributed by atoms with Crippen LogP contribution in [0.1, 0.15) is 57.7 Å². The molecular weight excluding hydrogens is 632 g/mol. The van der Waals surface area contributed by atoms with Crippen LogP contribution in [0.5, 0.6) is 5.75 Å². The number of aromatic nitrogens is 3. The molecule has 0 fully saturated rings. The molecule has 47 heavy (non-hydrogen) atoms. The predicted molar refractivity (Wildman–Crippen MR) is 172 cm³/mol. The Labute approximate surface area is 272 Å². The molecule has 0 aliphatic carbocycles. The molecule has 14 heteroatoms. The van der Waals surface area contributed by atoms with Gasteiger partial charge in [0.15, 0.2) is 6.10 Å². The Balaban J connectivity index is 2.05. The number of pyridine rings is 1. The molecular formula is C33H37F2N5O6S. The molecule has 4 rings (SSSR count). The third-order valence-electron chi connectivity index (χ3n) is 6.75. The predicted octanol–water partition coefficient (Wildman–Crippen LogP) is 4.76. The highest BCUT2D eigenvalue weighted by atomic mass is 32.2. The summed E-state index contributed by atoms with van der Waals surface area (Å²) in [7, 11) is 0.190. The topological polar surface area (TPSA) is 145 Å². The van der Waals surface area contributed by atoms with Crippen molar-refractivity contribution in [2.75, 3.05) is 14.2 Å². The lowest BCUT2D eigenvalue weighted by Gasteiger charge is -2.25. The second-order valence-corrected chi connectivity index (χ2v) is 14.2. The minimum Gasteiger partial charge on any atom is -0.496 e. The first-order chi connectivity index (χ1) is 21.8. The minimum atomic E-state index is -4.04. The van der Waals surface area contributed by atoms with Crippen molar-refractivity contribution in [1.82, 2.24) is 24.8 Å². The number of ether oxygens (including phenoxy) is 2. The smallest absolute Gasteiger partial charge is 0.408 e. The normalized spacial score (nSPS) is 12.7. The highest BCUT2D eigenvalue weighted by Gasteiger charge is 2.30. The summed E-state index contributed by atoms with van der Waals surface area (Å²) >= 11 is 0. The molecule has 0 spiro atoms. The molecule has 2 aromatic heterocycles. The molecule has 0 saturated carbocycles. The number of carbonyl (C=O) groups is 1. The maximum atomic E-state index is 14.3. The van der Waals surface area contributed by atoms with Crippen LogP contribution in [0, 0.1) is 23.5 Å². The lowest BCUT2D eigenvalue weighted by molar-refractivity contribution is 0.0891. The summed E-state index contributed by atoms with van der Waals surface area (Å²) in [5.41, 5.74) is -0.336. The zero-order chi connectivity index (χ0) is 34.9. The molecule has 0 bridgehead atoms. The summed E-state index contributed by atoms with van der Waals surface area (Å²) in [4.78, 5) is 17.9. The van der Waals surface area contributed by atoms with E-state index in [1.54, 1.807) is 52.1 Å². The molecule has 1 amide bonds. The zero-order valence-corrected chi connectivity index (χ0v) is 28.1. The van der Waals surface area contributed by atoms with Gasteiger partial charge in [0.1, 0.15) is 28.7 Å². The number of alkyl carbamates (subject to hydrolysis) is 1. The van der Waals surface area contributed by atoms with E-state index in [-0.39, 0.29) is 39.5 Å². The number of amides is 1. The molecule has 250 valence electrons. The number of sulfonamides is 1. The molecule has 2 aromatic carbocycles. The van der Waals surface area contributed by atoms with Gasteiger partial charge in [-0.25, -0.2) is 31.7 Å². The lowest BCUT2D eigenvalue weighted by atomic mass is 9.95. The van der Waals surface area contributed by atoms with Crippen LogP contribution in [0.3, 0.4) is 0 Å². The second kappa shape index (κ2) is 13.3. The number of aliphatic hydroxyl groups is 1. The van der Waals surface area contributed by atoms with Gasteiger partial charge in [0.2, 0.25) is 5.03 Å². The highest BCUT2D eigenvalue weighted by molar-refractivity contribution is 7.89. The van der Waals surface area contributed by atoms with Gasteiger partial charge in [0.25, 0.3) is 10.0 Å². The number of fused-ring (bicyclic) bond motifs is 1. The first-order valence-corrected chi connectivity index (χ1v) is 16.0. The minimum absolute atomic E-state index is 0.145. The fourth-order valence-corrected chi connectivity index (χ4v) is 5.75. The van der Waals surface area contributed by atoms with Gasteiger partial charge in [-0.2, -0.15) is 5.10 Å². The van der Waals surface area contributed by atoms with Crippen molar-refractivity contribution >= 4 is 27.0 Å². The number of carbonyl (C=O) groups excluding carboxylic acids is 1. The molecule has 0 aliphatic rings. The zero-order valence-electron chi connectivity index (χ0n) is 27.3. The van der Waals surface area contributed by atoms with E-state index in [2.05, 4.69) is 27.0 Å². The molecule has 4 aromatic rings. The van der Waals surface area contributed by atoms with Gasteiger partial charge >= 0.3 is 6.09 Å². The first-order valence-electron chi connectivity index (χ1n) is 14.5. The largest absolute Gasteiger partial charge is 0.496 e. The van der Waals surface area contributed by atoms with Crippen LogP contribution in [-0.4, -0.2) is 59.7 Å². The van der Waals surface area contributed by atoms with E-state index in [4.69, 9.17) is 14.5 Å². The monoisotopic (exact) mass is 669 g/mol. The number of benzene rings is 2. The van der Waals surface area contributed by atoms with Crippen molar-refractivity contribution in [1.29, 1.82) is 0 Å². The lowest BCUT2D eigenvalue weighted by Crippen LogP contribution is -2.41. The first kappa shape index (κ1) is 35.3. The van der Waals surface area contributed by atoms with E-state index in [9.17, 15) is 27.1 Å². The number of hydrogen-bond acceptors (Lipinski definition) is 8. The van der Waals surface area contributed by atoms with Crippen molar-refractivity contribution in [3.63, 3.8) is 0 Å². The van der Waals surface area contributed by atoms with E-state index >= 15 is 0 Å². The molecule has 1 atom stereocenters. The fraction of sp³-hybridized carbons (Fsp3) is 0.364. The molecule has 0 aliphatic heterocycles. The Morgan fingerprint density at radius 3 is 2.28 bits per heavy atom. The SMILES string of the molecule is CNS(=O)(=O)c1nn(C)c2c(-c3ccc(C#CC(C)(C)O)nc3[C@H](Cc3cc(F)cc(F)c3)OC(=O)NC(C)(C)C)ccc(OC)c12. The fourth-order valence-electron chi connectivity index (χ4n) is 4.86. The van der Waals surface area contributed by atoms with Gasteiger partial charge in [0, 0.05) is 36.2 Å². The summed E-state index contributed by atoms with van der Waals surface area (Å²) in [6.07, 6.45) is -2.25. The average Bonchev–Trinajstić information content (AvgIpc) is 3.31. The van der Waals surface area contributed by atoms with Gasteiger partial charge in [-0.15, -0.1) is 0 Å². The van der Waals surface area contributed by atoms with E-state index in [1.807, 2.05) is 0 Å². The van der Waals surface area contributed by atoms with Crippen molar-refractivity contribution in [2.24, 2.45) is 7.05 Å². The molecule has 0 radical (unpaired) electrons. The summed E-state index contributed by atoms with van der Waals surface area (Å²) < 4.78 is 69.7. The van der Waals surface area contributed by atoms with E-state index in [0.29, 0.717) is 16.6 Å². The Morgan fingerprint density at radius 2 is 1.70 bits per heavy atom. The summed E-state index contributed by atoms with van der Waals surface area (Å²) in [5, 5.41) is 17.2. The number of nitrogens with one attached hydrogen (secondary N) is 2. The maximum Gasteiger partial charge on any atom is 0.408 e. The highest BCUT2D eigenvalue weighted by Crippen LogP contribution is 2.41. The number of methoxy groups -OCH3 is 1.